The van der Waals surface area contributed by atoms with Crippen molar-refractivity contribution in [2.75, 3.05) is 10.6 Å². The van der Waals surface area contributed by atoms with Crippen molar-refractivity contribution in [3.8, 4) is 6.07 Å². The van der Waals surface area contributed by atoms with E-state index in [2.05, 4.69) is 64.8 Å². The highest BCUT2D eigenvalue weighted by Crippen LogP contribution is 2.31. The Bertz CT molecular complexity index is 1180. The molecule has 0 fully saturated rings. The Hall–Kier alpha value is -3.91. The largest absolute Gasteiger partial charge is 0.377 e. The lowest BCUT2D eigenvalue weighted by molar-refractivity contribution is 0.875. The molecule has 0 unspecified atom stereocenters. The lowest BCUT2D eigenvalue weighted by atomic mass is 10.1. The van der Waals surface area contributed by atoms with Crippen molar-refractivity contribution in [3.05, 3.63) is 95.8 Å². The van der Waals surface area contributed by atoms with Crippen LogP contribution in [0.4, 0.5) is 11.5 Å². The number of hydrogen-bond acceptors (Lipinski definition) is 5. The fourth-order valence-corrected chi connectivity index (χ4v) is 3.50. The van der Waals surface area contributed by atoms with Gasteiger partial charge in [0.15, 0.2) is 0 Å². The summed E-state index contributed by atoms with van der Waals surface area (Å²) in [7, 11) is 0. The van der Waals surface area contributed by atoms with E-state index in [1.54, 1.807) is 12.4 Å². The molecule has 0 amide bonds. The van der Waals surface area contributed by atoms with E-state index < -0.39 is 0 Å². The van der Waals surface area contributed by atoms with Crippen molar-refractivity contribution in [2.45, 2.75) is 25.9 Å². The number of anilines is 2. The maximum absolute atomic E-state index is 9.66. The Morgan fingerprint density at radius 1 is 0.800 bits per heavy atom. The maximum Gasteiger partial charge on any atom is 0.127 e. The Morgan fingerprint density at radius 3 is 2.00 bits per heavy atom. The van der Waals surface area contributed by atoms with Gasteiger partial charge in [-0.05, 0) is 31.0 Å². The summed E-state index contributed by atoms with van der Waals surface area (Å²) in [5.74, 6) is 0.742. The molecule has 0 saturated heterocycles. The number of nitrogens with zero attached hydrogens (tertiary/aromatic N) is 3. The third-order valence-electron chi connectivity index (χ3n) is 5.20. The van der Waals surface area contributed by atoms with E-state index in [0.717, 1.165) is 28.0 Å². The molecule has 0 aliphatic rings. The standard InChI is InChI=1S/C25H23N5/c1-17(19-9-5-3-6-10-19)29-24-13-22-23(16-28-24)27-15-21(14-26)25(22)30-18(2)20-11-7-4-8-12-20/h3-13,15-18H,1-2H3,(H,27,30)(H,28,29)/t17-,18-/m1/s1. The first-order valence-electron chi connectivity index (χ1n) is 9.97. The highest BCUT2D eigenvalue weighted by molar-refractivity contribution is 5.95. The third kappa shape index (κ3) is 4.08. The molecule has 4 aromatic rings. The van der Waals surface area contributed by atoms with E-state index in [4.69, 9.17) is 0 Å². The van der Waals surface area contributed by atoms with Crippen molar-refractivity contribution < 1.29 is 0 Å². The molecular weight excluding hydrogens is 370 g/mol. The molecule has 30 heavy (non-hydrogen) atoms. The lowest BCUT2D eigenvalue weighted by Crippen LogP contribution is -2.10. The van der Waals surface area contributed by atoms with Crippen LogP contribution in [-0.2, 0) is 0 Å². The second-order valence-electron chi connectivity index (χ2n) is 7.30. The quantitative estimate of drug-likeness (QED) is 0.430. The predicted molar refractivity (Wildman–Crippen MR) is 121 cm³/mol. The summed E-state index contributed by atoms with van der Waals surface area (Å²) >= 11 is 0. The zero-order valence-electron chi connectivity index (χ0n) is 17.0. The smallest absolute Gasteiger partial charge is 0.127 e. The number of aromatic nitrogens is 2. The molecule has 0 radical (unpaired) electrons. The zero-order valence-corrected chi connectivity index (χ0v) is 17.0. The van der Waals surface area contributed by atoms with Crippen LogP contribution < -0.4 is 10.6 Å². The number of nitriles is 1. The molecule has 2 atom stereocenters. The predicted octanol–water partition coefficient (Wildman–Crippen LogP) is 5.85. The number of nitrogens with one attached hydrogen (secondary N) is 2. The van der Waals surface area contributed by atoms with E-state index >= 15 is 0 Å². The zero-order chi connectivity index (χ0) is 20.9. The SMILES string of the molecule is C[C@@H](Nc1cc2c(N[C@H](C)c3ccccc3)c(C#N)cnc2cn1)c1ccccc1. The molecule has 4 rings (SSSR count). The molecule has 0 aliphatic heterocycles. The van der Waals surface area contributed by atoms with Gasteiger partial charge in [0.1, 0.15) is 11.9 Å². The van der Waals surface area contributed by atoms with Gasteiger partial charge in [0.2, 0.25) is 0 Å². The second kappa shape index (κ2) is 8.62. The Kier molecular flexibility index (Phi) is 5.58. The summed E-state index contributed by atoms with van der Waals surface area (Å²) in [6.45, 7) is 4.18. The average molecular weight is 393 g/mol. The minimum absolute atomic E-state index is 0.0386. The highest BCUT2D eigenvalue weighted by Gasteiger charge is 2.14. The van der Waals surface area contributed by atoms with Gasteiger partial charge >= 0.3 is 0 Å². The molecule has 0 spiro atoms. The van der Waals surface area contributed by atoms with Gasteiger partial charge in [0.05, 0.1) is 23.0 Å². The van der Waals surface area contributed by atoms with Crippen LogP contribution >= 0.6 is 0 Å². The third-order valence-corrected chi connectivity index (χ3v) is 5.20. The molecule has 0 saturated carbocycles. The normalized spacial score (nSPS) is 12.7. The molecular formula is C25H23N5. The van der Waals surface area contributed by atoms with Crippen LogP contribution in [0, 0.1) is 11.3 Å². The van der Waals surface area contributed by atoms with Crippen molar-refractivity contribution in [3.63, 3.8) is 0 Å². The number of hydrogen-bond donors (Lipinski definition) is 2. The monoisotopic (exact) mass is 393 g/mol. The first kappa shape index (κ1) is 19.4. The van der Waals surface area contributed by atoms with Crippen molar-refractivity contribution in [1.29, 1.82) is 5.26 Å². The van der Waals surface area contributed by atoms with E-state index in [1.807, 2.05) is 42.5 Å². The van der Waals surface area contributed by atoms with Crippen LogP contribution in [0.5, 0.6) is 0 Å². The molecule has 2 aromatic carbocycles. The van der Waals surface area contributed by atoms with E-state index in [1.165, 1.54) is 5.56 Å². The minimum atomic E-state index is 0.0386. The number of pyridine rings is 2. The maximum atomic E-state index is 9.66. The number of rotatable bonds is 6. The minimum Gasteiger partial charge on any atom is -0.377 e. The van der Waals surface area contributed by atoms with Gasteiger partial charge in [0.25, 0.3) is 0 Å². The molecule has 0 aliphatic carbocycles. The van der Waals surface area contributed by atoms with Crippen LogP contribution in [0.15, 0.2) is 79.1 Å². The van der Waals surface area contributed by atoms with E-state index in [9.17, 15) is 5.26 Å². The Labute approximate surface area is 176 Å². The van der Waals surface area contributed by atoms with Gasteiger partial charge in [-0.2, -0.15) is 5.26 Å². The van der Waals surface area contributed by atoms with Gasteiger partial charge in [-0.1, -0.05) is 60.7 Å². The van der Waals surface area contributed by atoms with Crippen LogP contribution in [0.2, 0.25) is 0 Å². The molecule has 2 heterocycles. The fraction of sp³-hybridized carbons (Fsp3) is 0.160. The summed E-state index contributed by atoms with van der Waals surface area (Å²) in [5.41, 5.74) is 4.36. The topological polar surface area (TPSA) is 73.6 Å². The Balaban J connectivity index is 1.69. The Morgan fingerprint density at radius 2 is 1.40 bits per heavy atom. The molecule has 5 nitrogen and oxygen atoms in total. The van der Waals surface area contributed by atoms with Crippen molar-refractivity contribution in [2.24, 2.45) is 0 Å². The average Bonchev–Trinajstić information content (AvgIpc) is 2.80. The fourth-order valence-electron chi connectivity index (χ4n) is 3.50. The van der Waals surface area contributed by atoms with Gasteiger partial charge in [-0.15, -0.1) is 0 Å². The molecule has 5 heteroatoms. The number of benzene rings is 2. The molecule has 148 valence electrons. The summed E-state index contributed by atoms with van der Waals surface area (Å²) < 4.78 is 0. The first-order chi connectivity index (χ1) is 14.7. The second-order valence-corrected chi connectivity index (χ2v) is 7.30. The highest BCUT2D eigenvalue weighted by atomic mass is 15.0. The first-order valence-corrected chi connectivity index (χ1v) is 9.97. The summed E-state index contributed by atoms with van der Waals surface area (Å²) in [6, 6.07) is 24.8. The van der Waals surface area contributed by atoms with Gasteiger partial charge < -0.3 is 10.6 Å². The van der Waals surface area contributed by atoms with Crippen LogP contribution in [0.25, 0.3) is 10.9 Å². The van der Waals surface area contributed by atoms with E-state index in [0.29, 0.717) is 5.56 Å². The molecule has 2 aromatic heterocycles. The summed E-state index contributed by atoms with van der Waals surface area (Å²) in [6.07, 6.45) is 3.35. The van der Waals surface area contributed by atoms with Crippen molar-refractivity contribution >= 4 is 22.4 Å². The molecule has 0 bridgehead atoms. The van der Waals surface area contributed by atoms with Crippen LogP contribution in [0.3, 0.4) is 0 Å². The summed E-state index contributed by atoms with van der Waals surface area (Å²) in [4.78, 5) is 8.94. The lowest BCUT2D eigenvalue weighted by Gasteiger charge is -2.19. The van der Waals surface area contributed by atoms with E-state index in [-0.39, 0.29) is 12.1 Å². The van der Waals surface area contributed by atoms with Crippen LogP contribution in [-0.4, -0.2) is 9.97 Å². The van der Waals surface area contributed by atoms with Gasteiger partial charge in [-0.25, -0.2) is 4.98 Å². The van der Waals surface area contributed by atoms with Gasteiger partial charge in [-0.3, -0.25) is 4.98 Å². The van der Waals surface area contributed by atoms with Gasteiger partial charge in [0, 0.05) is 23.7 Å². The van der Waals surface area contributed by atoms with Crippen molar-refractivity contribution in [1.82, 2.24) is 9.97 Å². The number of fused-ring (bicyclic) bond motifs is 1. The van der Waals surface area contributed by atoms with Crippen LogP contribution in [0.1, 0.15) is 42.6 Å². The molecule has 2 N–H and O–H groups in total. The summed E-state index contributed by atoms with van der Waals surface area (Å²) in [5, 5.41) is 17.5.